The van der Waals surface area contributed by atoms with Crippen LogP contribution >= 0.6 is 0 Å². The molecule has 5 heteroatoms. The second-order valence-corrected chi connectivity index (χ2v) is 5.42. The third-order valence-electron chi connectivity index (χ3n) is 4.13. The molecular weight excluding hydrogens is 230 g/mol. The van der Waals surface area contributed by atoms with Crippen LogP contribution in [0.25, 0.3) is 0 Å². The highest BCUT2D eigenvalue weighted by atomic mass is 16.2. The van der Waals surface area contributed by atoms with Crippen molar-refractivity contribution < 1.29 is 9.59 Å². The molecule has 2 N–H and O–H groups in total. The Morgan fingerprint density at radius 3 is 2.33 bits per heavy atom. The fraction of sp³-hybridized carbons (Fsp3) is 0.846. The minimum Gasteiger partial charge on any atom is -0.369 e. The van der Waals surface area contributed by atoms with Gasteiger partial charge in [0.05, 0.1) is 0 Å². The van der Waals surface area contributed by atoms with Gasteiger partial charge in [-0.15, -0.1) is 0 Å². The van der Waals surface area contributed by atoms with E-state index >= 15 is 0 Å². The molecule has 102 valence electrons. The van der Waals surface area contributed by atoms with Crippen molar-refractivity contribution in [1.82, 2.24) is 9.80 Å². The van der Waals surface area contributed by atoms with E-state index in [4.69, 9.17) is 5.73 Å². The van der Waals surface area contributed by atoms with E-state index in [-0.39, 0.29) is 17.7 Å². The van der Waals surface area contributed by atoms with Gasteiger partial charge < -0.3 is 10.6 Å². The van der Waals surface area contributed by atoms with E-state index in [0.717, 1.165) is 45.4 Å². The minimum absolute atomic E-state index is 0.0548. The molecule has 0 spiro atoms. The van der Waals surface area contributed by atoms with E-state index in [0.29, 0.717) is 12.5 Å². The molecule has 0 saturated carbocycles. The normalized spacial score (nSPS) is 22.8. The number of hydrogen-bond acceptors (Lipinski definition) is 3. The molecule has 0 aliphatic carbocycles. The average Bonchev–Trinajstić information content (AvgIpc) is 2.28. The van der Waals surface area contributed by atoms with E-state index in [1.54, 1.807) is 0 Å². The van der Waals surface area contributed by atoms with Crippen molar-refractivity contribution in [2.75, 3.05) is 26.2 Å². The van der Waals surface area contributed by atoms with Gasteiger partial charge in [-0.3, -0.25) is 14.5 Å². The molecule has 2 heterocycles. The number of nitrogens with two attached hydrogens (primary N) is 1. The zero-order valence-electron chi connectivity index (χ0n) is 11.1. The number of rotatable bonds is 4. The van der Waals surface area contributed by atoms with Crippen LogP contribution in [0.5, 0.6) is 0 Å². The molecule has 2 rings (SSSR count). The fourth-order valence-corrected chi connectivity index (χ4v) is 2.81. The van der Waals surface area contributed by atoms with Crippen molar-refractivity contribution in [1.29, 1.82) is 0 Å². The van der Waals surface area contributed by atoms with E-state index in [1.807, 2.05) is 11.8 Å². The largest absolute Gasteiger partial charge is 0.369 e. The molecule has 0 atom stereocenters. The first-order valence-corrected chi connectivity index (χ1v) is 6.93. The Bertz CT molecular complexity index is 318. The molecule has 2 amide bonds. The van der Waals surface area contributed by atoms with Crippen LogP contribution in [-0.4, -0.2) is 53.8 Å². The maximum absolute atomic E-state index is 11.6. The number of piperidine rings is 1. The summed E-state index contributed by atoms with van der Waals surface area (Å²) in [5.41, 5.74) is 5.32. The highest BCUT2D eigenvalue weighted by molar-refractivity contribution is 5.77. The number of hydrogen-bond donors (Lipinski definition) is 1. The SMILES string of the molecule is CCCC(=O)N1CC(N2CCC(C(N)=O)CC2)C1. The van der Waals surface area contributed by atoms with Crippen LogP contribution in [0.15, 0.2) is 0 Å². The predicted octanol–water partition coefficient (Wildman–Crippen LogP) is 0.195. The lowest BCUT2D eigenvalue weighted by Crippen LogP contribution is -2.62. The standard InChI is InChI=1S/C13H23N3O2/c1-2-3-12(17)16-8-11(9-16)15-6-4-10(5-7-15)13(14)18/h10-11H,2-9H2,1H3,(H2,14,18). The molecule has 2 aliphatic heterocycles. The van der Waals surface area contributed by atoms with E-state index < -0.39 is 0 Å². The van der Waals surface area contributed by atoms with Crippen LogP contribution in [0.3, 0.4) is 0 Å². The van der Waals surface area contributed by atoms with E-state index in [9.17, 15) is 9.59 Å². The van der Waals surface area contributed by atoms with Gasteiger partial charge in [-0.05, 0) is 32.4 Å². The molecular formula is C13H23N3O2. The lowest BCUT2D eigenvalue weighted by Gasteiger charge is -2.47. The molecule has 0 aromatic heterocycles. The third-order valence-corrected chi connectivity index (χ3v) is 4.13. The molecule has 2 aliphatic rings. The summed E-state index contributed by atoms with van der Waals surface area (Å²) in [6, 6.07) is 0.500. The number of amides is 2. The molecule has 0 bridgehead atoms. The van der Waals surface area contributed by atoms with Gasteiger partial charge in [-0.25, -0.2) is 0 Å². The Morgan fingerprint density at radius 1 is 1.22 bits per heavy atom. The Balaban J connectivity index is 1.70. The van der Waals surface area contributed by atoms with Crippen LogP contribution in [-0.2, 0) is 9.59 Å². The Kier molecular flexibility index (Phi) is 4.22. The summed E-state index contributed by atoms with van der Waals surface area (Å²) >= 11 is 0. The third kappa shape index (κ3) is 2.83. The average molecular weight is 253 g/mol. The van der Waals surface area contributed by atoms with Gasteiger partial charge in [0.2, 0.25) is 11.8 Å². The van der Waals surface area contributed by atoms with Gasteiger partial charge in [-0.1, -0.05) is 6.92 Å². The topological polar surface area (TPSA) is 66.6 Å². The van der Waals surface area contributed by atoms with Crippen molar-refractivity contribution in [3.63, 3.8) is 0 Å². The van der Waals surface area contributed by atoms with Crippen molar-refractivity contribution in [3.05, 3.63) is 0 Å². The zero-order chi connectivity index (χ0) is 13.1. The van der Waals surface area contributed by atoms with Crippen LogP contribution < -0.4 is 5.73 Å². The second-order valence-electron chi connectivity index (χ2n) is 5.42. The van der Waals surface area contributed by atoms with Gasteiger partial charge in [0, 0.05) is 31.5 Å². The number of nitrogens with zero attached hydrogens (tertiary/aromatic N) is 2. The van der Waals surface area contributed by atoms with E-state index in [1.165, 1.54) is 0 Å². The minimum atomic E-state index is -0.164. The van der Waals surface area contributed by atoms with Gasteiger partial charge >= 0.3 is 0 Å². The fourth-order valence-electron chi connectivity index (χ4n) is 2.81. The summed E-state index contributed by atoms with van der Waals surface area (Å²) in [6.45, 7) is 5.63. The quantitative estimate of drug-likeness (QED) is 0.778. The molecule has 2 saturated heterocycles. The van der Waals surface area contributed by atoms with E-state index in [2.05, 4.69) is 4.90 Å². The number of primary amides is 1. The molecule has 2 fully saturated rings. The molecule has 0 aromatic rings. The van der Waals surface area contributed by atoms with Crippen molar-refractivity contribution in [2.45, 2.75) is 38.6 Å². The van der Waals surface area contributed by atoms with Gasteiger partial charge in [-0.2, -0.15) is 0 Å². The van der Waals surface area contributed by atoms with Crippen molar-refractivity contribution >= 4 is 11.8 Å². The second kappa shape index (κ2) is 5.69. The van der Waals surface area contributed by atoms with Gasteiger partial charge in [0.25, 0.3) is 0 Å². The Labute approximate surface area is 108 Å². The van der Waals surface area contributed by atoms with Crippen LogP contribution in [0.1, 0.15) is 32.6 Å². The highest BCUT2D eigenvalue weighted by Crippen LogP contribution is 2.23. The Hall–Kier alpha value is -1.10. The monoisotopic (exact) mass is 253 g/mol. The molecule has 18 heavy (non-hydrogen) atoms. The maximum Gasteiger partial charge on any atom is 0.222 e. The van der Waals surface area contributed by atoms with Crippen molar-refractivity contribution in [2.24, 2.45) is 11.7 Å². The molecule has 0 radical (unpaired) electrons. The summed E-state index contributed by atoms with van der Waals surface area (Å²) in [4.78, 5) is 27.1. The van der Waals surface area contributed by atoms with Crippen LogP contribution in [0, 0.1) is 5.92 Å². The maximum atomic E-state index is 11.6. The molecule has 5 nitrogen and oxygen atoms in total. The van der Waals surface area contributed by atoms with Crippen LogP contribution in [0.2, 0.25) is 0 Å². The summed E-state index contributed by atoms with van der Waals surface area (Å²) in [6.07, 6.45) is 3.32. The zero-order valence-corrected chi connectivity index (χ0v) is 11.1. The summed E-state index contributed by atoms with van der Waals surface area (Å²) in [7, 11) is 0. The summed E-state index contributed by atoms with van der Waals surface area (Å²) < 4.78 is 0. The lowest BCUT2D eigenvalue weighted by atomic mass is 9.93. The highest BCUT2D eigenvalue weighted by Gasteiger charge is 2.36. The smallest absolute Gasteiger partial charge is 0.222 e. The molecule has 0 aromatic carbocycles. The van der Waals surface area contributed by atoms with Gasteiger partial charge in [0.15, 0.2) is 0 Å². The first-order valence-electron chi connectivity index (χ1n) is 6.93. The van der Waals surface area contributed by atoms with Crippen molar-refractivity contribution in [3.8, 4) is 0 Å². The lowest BCUT2D eigenvalue weighted by molar-refractivity contribution is -0.139. The number of likely N-dealkylation sites (tertiary alicyclic amines) is 2. The van der Waals surface area contributed by atoms with Crippen LogP contribution in [0.4, 0.5) is 0 Å². The predicted molar refractivity (Wildman–Crippen MR) is 68.8 cm³/mol. The number of carbonyl (C=O) groups is 2. The number of carbonyl (C=O) groups excluding carboxylic acids is 2. The first kappa shape index (κ1) is 13.3. The first-order chi connectivity index (χ1) is 8.61. The summed E-state index contributed by atoms with van der Waals surface area (Å²) in [5.74, 6) is 0.169. The summed E-state index contributed by atoms with van der Waals surface area (Å²) in [5, 5.41) is 0. The molecule has 0 unspecified atom stereocenters. The van der Waals surface area contributed by atoms with Gasteiger partial charge in [0.1, 0.15) is 0 Å². The Morgan fingerprint density at radius 2 is 1.83 bits per heavy atom.